The van der Waals surface area contributed by atoms with Gasteiger partial charge in [0.05, 0.1) is 16.6 Å². The smallest absolute Gasteiger partial charge is 0.261 e. The third-order valence-corrected chi connectivity index (χ3v) is 6.40. The molecular weight excluding hydrogens is 464 g/mol. The van der Waals surface area contributed by atoms with Crippen LogP contribution in [0.3, 0.4) is 0 Å². The van der Waals surface area contributed by atoms with Crippen LogP contribution in [0.15, 0.2) is 84.3 Å². The van der Waals surface area contributed by atoms with Crippen molar-refractivity contribution in [3.05, 3.63) is 102 Å². The molecule has 0 aliphatic carbocycles. The van der Waals surface area contributed by atoms with Crippen LogP contribution in [0.25, 0.3) is 5.69 Å². The van der Waals surface area contributed by atoms with Crippen LogP contribution in [-0.2, 0) is 10.0 Å². The van der Waals surface area contributed by atoms with Gasteiger partial charge in [-0.05, 0) is 67.1 Å². The molecule has 1 aromatic heterocycles. The molecular formula is C23H19F2N5O3S. The molecule has 0 saturated carbocycles. The summed E-state index contributed by atoms with van der Waals surface area (Å²) in [6.07, 6.45) is 3.03. The summed E-state index contributed by atoms with van der Waals surface area (Å²) in [5.74, 6) is -2.75. The van der Waals surface area contributed by atoms with Crippen LogP contribution in [0.4, 0.5) is 14.5 Å². The molecule has 2 N–H and O–H groups in total. The van der Waals surface area contributed by atoms with Crippen molar-refractivity contribution in [2.24, 2.45) is 0 Å². The number of carbonyl (C=O) groups excluding carboxylic acids is 1. The maximum absolute atomic E-state index is 13.4. The van der Waals surface area contributed by atoms with Crippen LogP contribution in [0.1, 0.15) is 28.9 Å². The van der Waals surface area contributed by atoms with Crippen molar-refractivity contribution in [2.45, 2.75) is 17.9 Å². The second-order valence-corrected chi connectivity index (χ2v) is 9.07. The zero-order chi connectivity index (χ0) is 24.3. The van der Waals surface area contributed by atoms with E-state index in [1.807, 2.05) is 31.2 Å². The van der Waals surface area contributed by atoms with Crippen molar-refractivity contribution < 1.29 is 22.0 Å². The first-order valence-electron chi connectivity index (χ1n) is 10.1. The second-order valence-electron chi connectivity index (χ2n) is 7.39. The summed E-state index contributed by atoms with van der Waals surface area (Å²) < 4.78 is 55.1. The summed E-state index contributed by atoms with van der Waals surface area (Å²) in [6, 6.07) is 15.2. The molecule has 0 saturated heterocycles. The highest BCUT2D eigenvalue weighted by Crippen LogP contribution is 2.20. The lowest BCUT2D eigenvalue weighted by Crippen LogP contribution is -2.26. The highest BCUT2D eigenvalue weighted by molar-refractivity contribution is 7.92. The molecule has 0 fully saturated rings. The van der Waals surface area contributed by atoms with E-state index in [4.69, 9.17) is 0 Å². The Kier molecular flexibility index (Phi) is 6.37. The number of nitrogens with zero attached hydrogens (tertiary/aromatic N) is 3. The third-order valence-electron chi connectivity index (χ3n) is 5.02. The number of anilines is 1. The number of halogens is 2. The van der Waals surface area contributed by atoms with Gasteiger partial charge in [-0.1, -0.05) is 12.1 Å². The predicted molar refractivity (Wildman–Crippen MR) is 121 cm³/mol. The van der Waals surface area contributed by atoms with Crippen molar-refractivity contribution in [1.29, 1.82) is 0 Å². The first kappa shape index (κ1) is 23.1. The van der Waals surface area contributed by atoms with Crippen molar-refractivity contribution in [3.63, 3.8) is 0 Å². The molecule has 0 aliphatic heterocycles. The minimum Gasteiger partial charge on any atom is -0.346 e. The highest BCUT2D eigenvalue weighted by Gasteiger charge is 2.17. The van der Waals surface area contributed by atoms with Gasteiger partial charge in [0.2, 0.25) is 0 Å². The van der Waals surface area contributed by atoms with Gasteiger partial charge in [0.15, 0.2) is 11.6 Å². The minimum absolute atomic E-state index is 0.165. The molecule has 0 bridgehead atoms. The third kappa shape index (κ3) is 5.09. The number of benzene rings is 3. The topological polar surface area (TPSA) is 106 Å². The lowest BCUT2D eigenvalue weighted by Gasteiger charge is -2.15. The van der Waals surface area contributed by atoms with Crippen molar-refractivity contribution >= 4 is 21.6 Å². The molecule has 4 rings (SSSR count). The van der Waals surface area contributed by atoms with Crippen molar-refractivity contribution in [2.75, 3.05) is 4.72 Å². The monoisotopic (exact) mass is 483 g/mol. The van der Waals surface area contributed by atoms with Gasteiger partial charge in [0.25, 0.3) is 15.9 Å². The summed E-state index contributed by atoms with van der Waals surface area (Å²) in [6.45, 7) is 1.84. The largest absolute Gasteiger partial charge is 0.346 e. The Labute approximate surface area is 194 Å². The molecule has 8 nitrogen and oxygen atoms in total. The standard InChI is InChI=1S/C23H19F2N5O3S/c1-15(16-4-8-19(9-5-16)30-14-26-13-27-30)28-23(31)17-2-6-18(7-3-17)29-34(32,33)20-10-11-21(24)22(25)12-20/h2-15,29H,1H3,(H,28,31). The van der Waals surface area contributed by atoms with Gasteiger partial charge in [-0.25, -0.2) is 26.9 Å². The molecule has 0 aliphatic rings. The zero-order valence-electron chi connectivity index (χ0n) is 17.8. The van der Waals surface area contributed by atoms with Crippen LogP contribution >= 0.6 is 0 Å². The van der Waals surface area contributed by atoms with Crippen molar-refractivity contribution in [1.82, 2.24) is 20.1 Å². The van der Waals surface area contributed by atoms with E-state index < -0.39 is 26.6 Å². The average molecular weight is 484 g/mol. The Morgan fingerprint density at radius 3 is 2.29 bits per heavy atom. The Morgan fingerprint density at radius 2 is 1.68 bits per heavy atom. The maximum atomic E-state index is 13.4. The van der Waals surface area contributed by atoms with Gasteiger partial charge < -0.3 is 5.32 Å². The van der Waals surface area contributed by atoms with Crippen LogP contribution in [0.5, 0.6) is 0 Å². The Balaban J connectivity index is 1.40. The van der Waals surface area contributed by atoms with E-state index >= 15 is 0 Å². The van der Waals surface area contributed by atoms with E-state index in [1.165, 1.54) is 30.6 Å². The molecule has 174 valence electrons. The van der Waals surface area contributed by atoms with E-state index in [0.717, 1.165) is 23.4 Å². The Hall–Kier alpha value is -4.12. The molecule has 0 spiro atoms. The summed E-state index contributed by atoms with van der Waals surface area (Å²) in [7, 11) is -4.13. The summed E-state index contributed by atoms with van der Waals surface area (Å²) in [5.41, 5.74) is 2.20. The number of rotatable bonds is 7. The average Bonchev–Trinajstić information content (AvgIpc) is 3.36. The summed E-state index contributed by atoms with van der Waals surface area (Å²) in [4.78, 5) is 16.1. The van der Waals surface area contributed by atoms with Gasteiger partial charge >= 0.3 is 0 Å². The van der Waals surface area contributed by atoms with E-state index in [9.17, 15) is 22.0 Å². The van der Waals surface area contributed by atoms with Crippen LogP contribution < -0.4 is 10.0 Å². The number of amides is 1. The number of sulfonamides is 1. The predicted octanol–water partition coefficient (Wildman–Crippen LogP) is 3.84. The quantitative estimate of drug-likeness (QED) is 0.416. The lowest BCUT2D eigenvalue weighted by atomic mass is 10.1. The van der Waals surface area contributed by atoms with Crippen molar-refractivity contribution in [3.8, 4) is 5.69 Å². The fraction of sp³-hybridized carbons (Fsp3) is 0.0870. The van der Waals surface area contributed by atoms with E-state index in [1.54, 1.807) is 11.0 Å². The first-order valence-corrected chi connectivity index (χ1v) is 11.5. The fourth-order valence-corrected chi connectivity index (χ4v) is 4.24. The van der Waals surface area contributed by atoms with E-state index in [-0.39, 0.29) is 17.6 Å². The molecule has 3 aromatic carbocycles. The van der Waals surface area contributed by atoms with Gasteiger partial charge in [0, 0.05) is 11.3 Å². The molecule has 0 radical (unpaired) electrons. The number of hydrogen-bond acceptors (Lipinski definition) is 5. The molecule has 4 aromatic rings. The fourth-order valence-electron chi connectivity index (χ4n) is 3.17. The lowest BCUT2D eigenvalue weighted by molar-refractivity contribution is 0.0940. The number of aromatic nitrogens is 3. The summed E-state index contributed by atoms with van der Waals surface area (Å²) in [5, 5.41) is 6.95. The number of hydrogen-bond donors (Lipinski definition) is 2. The van der Waals surface area contributed by atoms with E-state index in [2.05, 4.69) is 20.1 Å². The van der Waals surface area contributed by atoms with Gasteiger partial charge in [-0.15, -0.1) is 0 Å². The number of nitrogens with one attached hydrogen (secondary N) is 2. The minimum atomic E-state index is -4.13. The van der Waals surface area contributed by atoms with Gasteiger partial charge in [0.1, 0.15) is 12.7 Å². The van der Waals surface area contributed by atoms with E-state index in [0.29, 0.717) is 11.6 Å². The number of carbonyl (C=O) groups is 1. The molecule has 11 heteroatoms. The maximum Gasteiger partial charge on any atom is 0.261 e. The van der Waals surface area contributed by atoms with Gasteiger partial charge in [-0.2, -0.15) is 5.10 Å². The zero-order valence-corrected chi connectivity index (χ0v) is 18.6. The Bertz CT molecular complexity index is 1410. The molecule has 1 unspecified atom stereocenters. The molecule has 1 atom stereocenters. The van der Waals surface area contributed by atoms with Gasteiger partial charge in [-0.3, -0.25) is 9.52 Å². The summed E-state index contributed by atoms with van der Waals surface area (Å²) >= 11 is 0. The normalized spacial score (nSPS) is 12.2. The SMILES string of the molecule is CC(NC(=O)c1ccc(NS(=O)(=O)c2ccc(F)c(F)c2)cc1)c1ccc(-n2cncn2)cc1. The second kappa shape index (κ2) is 9.40. The van der Waals surface area contributed by atoms with Crippen LogP contribution in [-0.4, -0.2) is 29.1 Å². The molecule has 1 amide bonds. The molecule has 34 heavy (non-hydrogen) atoms. The van der Waals surface area contributed by atoms with Crippen LogP contribution in [0, 0.1) is 11.6 Å². The Morgan fingerprint density at radius 1 is 0.971 bits per heavy atom. The molecule has 1 heterocycles. The highest BCUT2D eigenvalue weighted by atomic mass is 32.2. The first-order chi connectivity index (χ1) is 16.2. The van der Waals surface area contributed by atoms with Crippen LogP contribution in [0.2, 0.25) is 0 Å².